The Morgan fingerprint density at radius 2 is 1.35 bits per heavy atom. The summed E-state index contributed by atoms with van der Waals surface area (Å²) in [6.07, 6.45) is 5.87. The summed E-state index contributed by atoms with van der Waals surface area (Å²) in [5.41, 5.74) is 15.7. The standard InChI is InChI=1S/C60H52N4O/c1-59(2,3)42-25-27-49(47(36-42)38-14-7-6-8-15-38)64-52-22-13-19-43(56(52)62-58(64)45-18-9-10-23-53(45)65)40-16-11-17-41(34-40)55-54-46-21-12-20-44-48-35-39(37-28-31-60(4,5)32-29-37)24-26-50(48)63(57(44)46)51(54)30-33-61-55/h6-27,30,33-37,65H,28-29,31-32H2,1-5H3/i37D. The maximum atomic E-state index is 11.4. The molecule has 4 heterocycles. The minimum absolute atomic E-state index is 0.0573. The van der Waals surface area contributed by atoms with Gasteiger partial charge in [0.1, 0.15) is 11.6 Å². The summed E-state index contributed by atoms with van der Waals surface area (Å²) in [5.74, 6) is 0.289. The van der Waals surface area contributed by atoms with E-state index >= 15 is 0 Å². The highest BCUT2D eigenvalue weighted by molar-refractivity contribution is 6.25. The first kappa shape index (κ1) is 38.2. The SMILES string of the molecule is [2H]C1(c2ccc3c(c2)c2cccc4c5c(-c6cccc(-c7cccc8c7nc(-c7ccccc7O)n8-c7ccc(C(C)(C)C)cc7-c7ccccc7)c6)nccc5n3c24)CCC(C)(C)CC1. The lowest BCUT2D eigenvalue weighted by atomic mass is 9.71. The molecule has 1 N–H and O–H groups in total. The molecule has 0 unspecified atom stereocenters. The Balaban J connectivity index is 1.03. The molecule has 0 saturated heterocycles. The van der Waals surface area contributed by atoms with Gasteiger partial charge in [-0.05, 0) is 119 Å². The minimum atomic E-state index is -0.559. The molecular formula is C60H52N4O. The fourth-order valence-corrected chi connectivity index (χ4v) is 10.7. The van der Waals surface area contributed by atoms with E-state index in [9.17, 15) is 6.48 Å². The first-order chi connectivity index (χ1) is 31.9. The predicted octanol–water partition coefficient (Wildman–Crippen LogP) is 15.9. The van der Waals surface area contributed by atoms with Gasteiger partial charge in [-0.3, -0.25) is 9.55 Å². The molecule has 65 heavy (non-hydrogen) atoms. The quantitative estimate of drug-likeness (QED) is 0.181. The molecule has 0 radical (unpaired) electrons. The van der Waals surface area contributed by atoms with Crippen LogP contribution in [0.1, 0.15) is 78.7 Å². The number of nitrogens with zero attached hydrogens (tertiary/aromatic N) is 4. The van der Waals surface area contributed by atoms with Crippen molar-refractivity contribution in [1.82, 2.24) is 18.9 Å². The Morgan fingerprint density at radius 1 is 0.631 bits per heavy atom. The van der Waals surface area contributed by atoms with Crippen molar-refractivity contribution in [3.63, 3.8) is 0 Å². The maximum absolute atomic E-state index is 11.4. The van der Waals surface area contributed by atoms with Gasteiger partial charge in [-0.25, -0.2) is 4.98 Å². The van der Waals surface area contributed by atoms with Gasteiger partial charge in [0.2, 0.25) is 0 Å². The van der Waals surface area contributed by atoms with Crippen molar-refractivity contribution in [1.29, 1.82) is 0 Å². The highest BCUT2D eigenvalue weighted by Gasteiger charge is 2.29. The van der Waals surface area contributed by atoms with Gasteiger partial charge in [0, 0.05) is 45.8 Å². The molecular weight excluding hydrogens is 793 g/mol. The van der Waals surface area contributed by atoms with Crippen LogP contribution in [-0.2, 0) is 5.41 Å². The lowest BCUT2D eigenvalue weighted by Crippen LogP contribution is -2.20. The Kier molecular flexibility index (Phi) is 8.62. The summed E-state index contributed by atoms with van der Waals surface area (Å²) in [5, 5.41) is 16.1. The van der Waals surface area contributed by atoms with Gasteiger partial charge < -0.3 is 9.51 Å². The monoisotopic (exact) mass is 845 g/mol. The lowest BCUT2D eigenvalue weighted by molar-refractivity contribution is 0.224. The Hall–Kier alpha value is -7.24. The van der Waals surface area contributed by atoms with E-state index in [1.54, 1.807) is 6.07 Å². The molecule has 5 nitrogen and oxygen atoms in total. The number of rotatable bonds is 6. The molecule has 1 fully saturated rings. The van der Waals surface area contributed by atoms with Crippen molar-refractivity contribution in [3.05, 3.63) is 175 Å². The molecule has 12 rings (SSSR count). The number of para-hydroxylation sites is 3. The molecule has 11 aromatic rings. The van der Waals surface area contributed by atoms with E-state index in [2.05, 4.69) is 177 Å². The van der Waals surface area contributed by atoms with Crippen LogP contribution >= 0.6 is 0 Å². The van der Waals surface area contributed by atoms with Crippen molar-refractivity contribution < 1.29 is 6.48 Å². The summed E-state index contributed by atoms with van der Waals surface area (Å²) in [6.45, 7) is 11.4. The van der Waals surface area contributed by atoms with Gasteiger partial charge in [-0.15, -0.1) is 0 Å². The number of imidazole rings is 1. The van der Waals surface area contributed by atoms with E-state index in [0.29, 0.717) is 16.8 Å². The number of benzene rings is 7. The Bertz CT molecular complexity index is 3690. The fraction of sp³-hybridized carbons (Fsp3) is 0.200. The van der Waals surface area contributed by atoms with Crippen LogP contribution in [0.3, 0.4) is 0 Å². The highest BCUT2D eigenvalue weighted by Crippen LogP contribution is 2.47. The lowest BCUT2D eigenvalue weighted by Gasteiger charge is -2.34. The first-order valence-electron chi connectivity index (χ1n) is 23.6. The van der Waals surface area contributed by atoms with Crippen molar-refractivity contribution in [2.45, 2.75) is 71.6 Å². The highest BCUT2D eigenvalue weighted by atomic mass is 16.3. The normalized spacial score (nSPS) is 15.4. The molecule has 0 spiro atoms. The van der Waals surface area contributed by atoms with Crippen LogP contribution in [0.25, 0.3) is 99.7 Å². The number of pyridine rings is 1. The van der Waals surface area contributed by atoms with Crippen LogP contribution in [0.5, 0.6) is 5.75 Å². The van der Waals surface area contributed by atoms with E-state index in [-0.39, 0.29) is 11.2 Å². The van der Waals surface area contributed by atoms with E-state index in [1.807, 2.05) is 24.4 Å². The van der Waals surface area contributed by atoms with Gasteiger partial charge in [-0.1, -0.05) is 138 Å². The first-order valence-corrected chi connectivity index (χ1v) is 23.1. The topological polar surface area (TPSA) is 55.4 Å². The fourth-order valence-electron chi connectivity index (χ4n) is 10.7. The summed E-state index contributed by atoms with van der Waals surface area (Å²) >= 11 is 0. The summed E-state index contributed by atoms with van der Waals surface area (Å²) in [4.78, 5) is 10.6. The van der Waals surface area contributed by atoms with Crippen molar-refractivity contribution in [2.75, 3.05) is 0 Å². The van der Waals surface area contributed by atoms with Gasteiger partial charge in [0.15, 0.2) is 0 Å². The molecule has 1 saturated carbocycles. The molecule has 1 aliphatic rings. The molecule has 0 atom stereocenters. The largest absolute Gasteiger partial charge is 0.507 e. The molecule has 5 heteroatoms. The van der Waals surface area contributed by atoms with E-state index < -0.39 is 5.89 Å². The van der Waals surface area contributed by atoms with Crippen molar-refractivity contribution in [3.8, 4) is 56.3 Å². The minimum Gasteiger partial charge on any atom is -0.507 e. The zero-order valence-corrected chi connectivity index (χ0v) is 37.7. The number of aromatic nitrogens is 4. The molecule has 0 amide bonds. The average Bonchev–Trinajstić information content (AvgIpc) is 4.00. The van der Waals surface area contributed by atoms with Crippen LogP contribution < -0.4 is 0 Å². The van der Waals surface area contributed by atoms with E-state index in [1.165, 1.54) is 27.2 Å². The van der Waals surface area contributed by atoms with Gasteiger partial charge in [0.25, 0.3) is 0 Å². The smallest absolute Gasteiger partial charge is 0.149 e. The summed E-state index contributed by atoms with van der Waals surface area (Å²) in [6, 6.07) is 55.5. The van der Waals surface area contributed by atoms with Gasteiger partial charge in [-0.2, -0.15) is 0 Å². The molecule has 4 aromatic heterocycles. The van der Waals surface area contributed by atoms with Gasteiger partial charge >= 0.3 is 0 Å². The molecule has 1 aliphatic carbocycles. The Labute approximate surface area is 381 Å². The molecule has 318 valence electrons. The van der Waals surface area contributed by atoms with Crippen LogP contribution in [0.2, 0.25) is 0 Å². The van der Waals surface area contributed by atoms with Crippen molar-refractivity contribution >= 4 is 49.1 Å². The number of hydrogen-bond acceptors (Lipinski definition) is 3. The van der Waals surface area contributed by atoms with Crippen molar-refractivity contribution in [2.24, 2.45) is 5.41 Å². The number of aromatic hydroxyl groups is 1. The second-order valence-electron chi connectivity index (χ2n) is 20.0. The second-order valence-corrected chi connectivity index (χ2v) is 20.0. The third-order valence-corrected chi connectivity index (χ3v) is 14.3. The third-order valence-electron chi connectivity index (χ3n) is 14.3. The Morgan fingerprint density at radius 3 is 2.17 bits per heavy atom. The molecule has 0 bridgehead atoms. The third kappa shape index (κ3) is 6.35. The molecule has 0 aliphatic heterocycles. The zero-order valence-electron chi connectivity index (χ0n) is 38.7. The van der Waals surface area contributed by atoms with Gasteiger partial charge in [0.05, 0.1) is 44.5 Å². The number of phenolic OH excluding ortho intramolecular Hbond substituents is 1. The van der Waals surface area contributed by atoms with Crippen LogP contribution in [-0.4, -0.2) is 24.0 Å². The number of phenols is 1. The summed E-state index contributed by atoms with van der Waals surface area (Å²) in [7, 11) is 0. The average molecular weight is 846 g/mol. The molecule has 7 aromatic carbocycles. The van der Waals surface area contributed by atoms with Crippen LogP contribution in [0, 0.1) is 5.41 Å². The number of hydrogen-bond donors (Lipinski definition) is 1. The van der Waals surface area contributed by atoms with E-state index in [0.717, 1.165) is 97.9 Å². The zero-order chi connectivity index (χ0) is 45.1. The van der Waals surface area contributed by atoms with Crippen LogP contribution in [0.15, 0.2) is 164 Å². The predicted molar refractivity (Wildman–Crippen MR) is 271 cm³/mol. The van der Waals surface area contributed by atoms with Crippen LogP contribution in [0.4, 0.5) is 0 Å². The number of fused-ring (bicyclic) bond motifs is 7. The van der Waals surface area contributed by atoms with E-state index in [4.69, 9.17) is 9.97 Å². The summed E-state index contributed by atoms with van der Waals surface area (Å²) < 4.78 is 14.2. The maximum Gasteiger partial charge on any atom is 0.149 e. The second kappa shape index (κ2) is 14.6.